The minimum Gasteiger partial charge on any atom is -0.394 e. The van der Waals surface area contributed by atoms with Gasteiger partial charge in [-0.15, -0.1) is 0 Å². The number of carbonyl (C=O) groups is 2. The van der Waals surface area contributed by atoms with Crippen molar-refractivity contribution in [3.8, 4) is 0 Å². The fraction of sp³-hybridized carbons (Fsp3) is 0.951. The second kappa shape index (κ2) is 55.3. The molecule has 0 aromatic rings. The van der Waals surface area contributed by atoms with Gasteiger partial charge in [0.05, 0.1) is 64.5 Å². The highest BCUT2D eigenvalue weighted by atomic mass is 16.8. The molecule has 39 heteroatoms. The van der Waals surface area contributed by atoms with Gasteiger partial charge in [0.1, 0.15) is 165 Å². The van der Waals surface area contributed by atoms with E-state index in [-0.39, 0.29) is 12.3 Å². The lowest BCUT2D eigenvalue weighted by Crippen LogP contribution is -2.71. The number of carbonyl (C=O) groups excluding carboxylic acids is 2. The van der Waals surface area contributed by atoms with Crippen molar-refractivity contribution in [2.75, 3.05) is 46.2 Å². The summed E-state index contributed by atoms with van der Waals surface area (Å²) in [5.41, 5.74) is 0. The fourth-order valence-corrected chi connectivity index (χ4v) is 16.4. The average molecular weight is 1750 g/mol. The van der Waals surface area contributed by atoms with E-state index >= 15 is 0 Å². The molecule has 23 N–H and O–H groups in total. The zero-order valence-electron chi connectivity index (χ0n) is 70.6. The van der Waals surface area contributed by atoms with Crippen LogP contribution in [0, 0.1) is 0 Å². The Morgan fingerprint density at radius 1 is 0.339 bits per heavy atom. The Labute approximate surface area is 708 Å². The number of aliphatic hydroxyl groups is 21. The van der Waals surface area contributed by atoms with Crippen molar-refractivity contribution in [2.24, 2.45) is 0 Å². The van der Waals surface area contributed by atoms with Crippen LogP contribution in [-0.2, 0) is 75.9 Å². The van der Waals surface area contributed by atoms with Gasteiger partial charge in [-0.05, 0) is 26.2 Å². The summed E-state index contributed by atoms with van der Waals surface area (Å²) >= 11 is 0. The maximum atomic E-state index is 13.6. The largest absolute Gasteiger partial charge is 0.394 e. The molecule has 39 nitrogen and oxygen atoms in total. The van der Waals surface area contributed by atoms with E-state index in [0.717, 1.165) is 58.3 Å². The molecule has 7 heterocycles. The molecule has 37 atom stereocenters. The van der Waals surface area contributed by atoms with Crippen LogP contribution in [0.15, 0.2) is 12.2 Å². The van der Waals surface area contributed by atoms with Crippen molar-refractivity contribution < 1.29 is 183 Å². The Bertz CT molecular complexity index is 2820. The van der Waals surface area contributed by atoms with Gasteiger partial charge in [-0.1, -0.05) is 193 Å². The van der Waals surface area contributed by atoms with Gasteiger partial charge >= 0.3 is 0 Å². The summed E-state index contributed by atoms with van der Waals surface area (Å²) in [7, 11) is 0. The van der Waals surface area contributed by atoms with E-state index in [9.17, 15) is 117 Å². The summed E-state index contributed by atoms with van der Waals surface area (Å²) in [4.78, 5) is 26.9. The third kappa shape index (κ3) is 31.0. The van der Waals surface area contributed by atoms with Gasteiger partial charge in [0.15, 0.2) is 44.0 Å². The monoisotopic (exact) mass is 1750 g/mol. The summed E-state index contributed by atoms with van der Waals surface area (Å²) < 4.78 is 83.5. The molecular formula is C82H148N2O37. The Hall–Kier alpha value is -2.72. The van der Waals surface area contributed by atoms with Gasteiger partial charge in [-0.25, -0.2) is 0 Å². The van der Waals surface area contributed by atoms with Crippen LogP contribution in [0.3, 0.4) is 0 Å². The fourth-order valence-electron chi connectivity index (χ4n) is 16.4. The van der Waals surface area contributed by atoms with Crippen LogP contribution in [-0.4, -0.2) is 392 Å². The van der Waals surface area contributed by atoms with E-state index in [2.05, 4.69) is 24.5 Å². The Kier molecular flexibility index (Phi) is 48.2. The molecule has 2 amide bonds. The zero-order chi connectivity index (χ0) is 88.4. The maximum absolute atomic E-state index is 13.6. The first-order chi connectivity index (χ1) is 58.1. The number of aliphatic hydroxyl groups excluding tert-OH is 21. The molecular weight excluding hydrogens is 1600 g/mol. The van der Waals surface area contributed by atoms with Gasteiger partial charge < -0.3 is 184 Å². The molecule has 7 rings (SSSR count). The van der Waals surface area contributed by atoms with E-state index < -0.39 is 279 Å². The summed E-state index contributed by atoms with van der Waals surface area (Å²) in [6.45, 7) is -0.111. The van der Waals surface area contributed by atoms with E-state index in [0.29, 0.717) is 12.8 Å². The first-order valence-electron chi connectivity index (χ1n) is 44.4. The van der Waals surface area contributed by atoms with Gasteiger partial charge in [-0.2, -0.15) is 0 Å². The minimum atomic E-state index is -2.37. The van der Waals surface area contributed by atoms with Crippen LogP contribution in [0.2, 0.25) is 0 Å². The van der Waals surface area contributed by atoms with Crippen LogP contribution in [0.1, 0.15) is 220 Å². The second-order valence-electron chi connectivity index (χ2n) is 33.4. The smallest absolute Gasteiger partial charge is 0.220 e. The summed E-state index contributed by atoms with van der Waals surface area (Å²) in [5, 5.41) is 241. The topological polar surface area (TPSA) is 612 Å². The van der Waals surface area contributed by atoms with Crippen molar-refractivity contribution in [1.29, 1.82) is 0 Å². The molecule has 0 aromatic heterocycles. The van der Waals surface area contributed by atoms with Crippen LogP contribution >= 0.6 is 0 Å². The van der Waals surface area contributed by atoms with E-state index in [1.165, 1.54) is 129 Å². The van der Waals surface area contributed by atoms with E-state index in [4.69, 9.17) is 66.3 Å². The molecule has 0 aliphatic carbocycles. The lowest BCUT2D eigenvalue weighted by Gasteiger charge is -2.51. The van der Waals surface area contributed by atoms with Crippen LogP contribution in [0.25, 0.3) is 0 Å². The van der Waals surface area contributed by atoms with Crippen molar-refractivity contribution in [3.63, 3.8) is 0 Å². The molecule has 14 unspecified atom stereocenters. The summed E-state index contributed by atoms with van der Waals surface area (Å²) in [6, 6.07) is -3.05. The molecule has 0 radical (unpaired) electrons. The number of allylic oxidation sites excluding steroid dienone is 1. The van der Waals surface area contributed by atoms with Gasteiger partial charge in [0, 0.05) is 13.3 Å². The number of ether oxygens (including phenoxy) is 14. The molecule has 0 bridgehead atoms. The van der Waals surface area contributed by atoms with Gasteiger partial charge in [0.2, 0.25) is 11.8 Å². The second-order valence-corrected chi connectivity index (χ2v) is 33.4. The molecule has 0 saturated carbocycles. The maximum Gasteiger partial charge on any atom is 0.220 e. The third-order valence-electron chi connectivity index (χ3n) is 23.9. The lowest BCUT2D eigenvalue weighted by molar-refractivity contribution is -0.405. The summed E-state index contributed by atoms with van der Waals surface area (Å²) in [6.07, 6.45) is -32.5. The van der Waals surface area contributed by atoms with Gasteiger partial charge in [0.25, 0.3) is 0 Å². The number of amides is 2. The molecule has 0 aromatic carbocycles. The number of nitrogens with one attached hydrogen (secondary N) is 2. The average Bonchev–Trinajstić information content (AvgIpc) is 0.765. The van der Waals surface area contributed by atoms with Crippen molar-refractivity contribution >= 4 is 11.8 Å². The molecule has 121 heavy (non-hydrogen) atoms. The number of hydrogen-bond acceptors (Lipinski definition) is 37. The van der Waals surface area contributed by atoms with Gasteiger partial charge in [-0.3, -0.25) is 9.59 Å². The van der Waals surface area contributed by atoms with Crippen molar-refractivity contribution in [3.05, 3.63) is 12.2 Å². The number of rotatable bonds is 55. The Balaban J connectivity index is 1.02. The van der Waals surface area contributed by atoms with E-state index in [1.807, 2.05) is 6.08 Å². The zero-order valence-corrected chi connectivity index (χ0v) is 70.6. The van der Waals surface area contributed by atoms with Crippen LogP contribution < -0.4 is 10.6 Å². The SMILES string of the molecule is CCCCCCCCCCCCC/C=C/[C@@H](O)[C@H](CO[C@@H]1OC(CO)[C@@H](O[C@@H]2OC(CO)[C@H](O)[C@H](O[C@H]3OC(CO)[C@H](O)[C@H](O[C@@H]4OC(CO)[C@H](O)[C@H](O[C@@H]5OC(CO)[C@H](O)[C@H](O[C@H]6OC(CO)[C@H](O)[C@H](O)C6O)C5O[C@H]5OC(C)[C@@H](O)C(O)[C@@H]5O)C4NC(C)=O)C3O)C2O)[C@H](O)C1O)NC(=O)CCCCCCCCCCCCCCCCCCC. The first kappa shape index (κ1) is 105. The van der Waals surface area contributed by atoms with Crippen LogP contribution in [0.5, 0.6) is 0 Å². The molecule has 7 saturated heterocycles. The minimum absolute atomic E-state index is 0.161. The first-order valence-corrected chi connectivity index (χ1v) is 44.4. The standard InChI is InChI=1S/C82H148N2O37/c1-5-7-9-11-13-15-17-19-20-21-22-24-26-28-30-32-34-36-54(93)84-46(47(92)35-33-31-29-27-25-23-18-16-14-12-10-8-6-2)43-108-77-67(105)64(102)70(53(42-90)115-77)116-80-69(107)73(60(98)51(40-88)112-80)119-81-68(106)72(59(97)50(39-87)113-81)118-76-55(83-45(4)91)71(58(96)49(38-86)110-76)117-82-75(121-78-65(103)62(100)56(94)44(3)109-78)74(61(99)52(41-89)114-82)120-79-66(104)63(101)57(95)48(37-85)111-79/h33,35,44,46-53,55-82,85-90,92,94-107H,5-32,34,36-43H2,1-4H3,(H,83,91)(H,84,93)/b35-33+/t44?,46-,47+,48?,49?,50?,51?,52?,53?,55?,56+,57-,58-,59-,60-,61-,62?,63-,64+,65-,66?,67?,68?,69?,70+,71+,72-,73-,74-,75?,76-,77+,78+,79+,80-,81+,82-/m0/s1. The predicted octanol–water partition coefficient (Wildman–Crippen LogP) is -2.94. The lowest BCUT2D eigenvalue weighted by atomic mass is 9.93. The highest BCUT2D eigenvalue weighted by Gasteiger charge is 2.60. The molecule has 708 valence electrons. The molecule has 0 spiro atoms. The van der Waals surface area contributed by atoms with Crippen molar-refractivity contribution in [1.82, 2.24) is 10.6 Å². The number of hydrogen-bond donors (Lipinski definition) is 23. The predicted molar refractivity (Wildman–Crippen MR) is 423 cm³/mol. The molecule has 7 aliphatic heterocycles. The van der Waals surface area contributed by atoms with E-state index in [1.54, 1.807) is 6.08 Å². The molecule has 7 fully saturated rings. The molecule has 7 aliphatic rings. The quantitative estimate of drug-likeness (QED) is 0.0214. The third-order valence-corrected chi connectivity index (χ3v) is 23.9. The van der Waals surface area contributed by atoms with Crippen LogP contribution in [0.4, 0.5) is 0 Å². The highest BCUT2D eigenvalue weighted by molar-refractivity contribution is 5.76. The highest BCUT2D eigenvalue weighted by Crippen LogP contribution is 2.40. The number of unbranched alkanes of at least 4 members (excludes halogenated alkanes) is 27. The Morgan fingerprint density at radius 2 is 0.678 bits per heavy atom. The summed E-state index contributed by atoms with van der Waals surface area (Å²) in [5.74, 6) is -1.30. The van der Waals surface area contributed by atoms with Crippen molar-refractivity contribution in [2.45, 2.75) is 447 Å². The normalized spacial score (nSPS) is 39.2. The Morgan fingerprint density at radius 3 is 1.14 bits per heavy atom.